The third-order valence-electron chi connectivity index (χ3n) is 4.76. The van der Waals surface area contributed by atoms with Crippen molar-refractivity contribution in [3.63, 3.8) is 0 Å². The molecule has 180 valence electrons. The quantitative estimate of drug-likeness (QED) is 0.449. The summed E-state index contributed by atoms with van der Waals surface area (Å²) in [5, 5.41) is 2.54. The number of ether oxygens (including phenoxy) is 1. The Labute approximate surface area is 196 Å². The van der Waals surface area contributed by atoms with Crippen LogP contribution in [0.3, 0.4) is 0 Å². The Morgan fingerprint density at radius 1 is 0.971 bits per heavy atom. The van der Waals surface area contributed by atoms with Gasteiger partial charge in [0, 0.05) is 0 Å². The fourth-order valence-electron chi connectivity index (χ4n) is 3.12. The summed E-state index contributed by atoms with van der Waals surface area (Å²) < 4.78 is 72.3. The molecule has 0 unspecified atom stereocenters. The summed E-state index contributed by atoms with van der Waals surface area (Å²) >= 11 is 0. The molecule has 6 nitrogen and oxygen atoms in total. The van der Waals surface area contributed by atoms with Crippen molar-refractivity contribution in [3.05, 3.63) is 90.0 Å². The first kappa shape index (κ1) is 25.1. The standard InChI is InChI=1S/C24H23F3N2O4S/c1-18-7-5-10-21(15-18)33-14-13-28-23(30)17-29(34(31,32)22-11-3-2-4-12-22)20-9-6-8-19(16-20)24(25,26)27/h2-12,15-16H,13-14,17H2,1H3,(H,28,30). The third-order valence-corrected chi connectivity index (χ3v) is 6.55. The molecule has 0 aromatic heterocycles. The zero-order valence-corrected chi connectivity index (χ0v) is 19.1. The van der Waals surface area contributed by atoms with Crippen LogP contribution in [0, 0.1) is 6.92 Å². The highest BCUT2D eigenvalue weighted by atomic mass is 32.2. The van der Waals surface area contributed by atoms with Crippen LogP contribution in [0.1, 0.15) is 11.1 Å². The normalized spacial score (nSPS) is 11.6. The molecule has 0 aliphatic carbocycles. The second kappa shape index (κ2) is 10.6. The molecule has 0 heterocycles. The maximum atomic E-state index is 13.2. The Bertz CT molecular complexity index is 1230. The van der Waals surface area contributed by atoms with E-state index in [2.05, 4.69) is 5.32 Å². The first-order valence-corrected chi connectivity index (χ1v) is 11.7. The number of carbonyl (C=O) groups excluding carboxylic acids is 1. The first-order valence-electron chi connectivity index (χ1n) is 10.3. The van der Waals surface area contributed by atoms with Crippen molar-refractivity contribution in [2.45, 2.75) is 18.0 Å². The molecule has 0 saturated heterocycles. The number of halogens is 3. The van der Waals surface area contributed by atoms with Gasteiger partial charge in [-0.3, -0.25) is 9.10 Å². The summed E-state index contributed by atoms with van der Waals surface area (Å²) in [7, 11) is -4.32. The van der Waals surface area contributed by atoms with Crippen LogP contribution < -0.4 is 14.4 Å². The summed E-state index contributed by atoms with van der Waals surface area (Å²) in [6, 6.07) is 18.4. The van der Waals surface area contributed by atoms with Crippen molar-refractivity contribution in [2.24, 2.45) is 0 Å². The fourth-order valence-corrected chi connectivity index (χ4v) is 4.56. The first-order chi connectivity index (χ1) is 16.1. The minimum Gasteiger partial charge on any atom is -0.492 e. The third kappa shape index (κ3) is 6.50. The Hall–Kier alpha value is -3.53. The number of hydrogen-bond acceptors (Lipinski definition) is 4. The lowest BCUT2D eigenvalue weighted by Gasteiger charge is -2.25. The molecule has 0 bridgehead atoms. The molecule has 3 aromatic carbocycles. The van der Waals surface area contributed by atoms with Crippen molar-refractivity contribution in [1.29, 1.82) is 0 Å². The van der Waals surface area contributed by atoms with Gasteiger partial charge in [0.1, 0.15) is 18.9 Å². The lowest BCUT2D eigenvalue weighted by atomic mass is 10.2. The fraction of sp³-hybridized carbons (Fsp3) is 0.208. The van der Waals surface area contributed by atoms with Crippen molar-refractivity contribution >= 4 is 21.6 Å². The van der Waals surface area contributed by atoms with Gasteiger partial charge >= 0.3 is 6.18 Å². The minimum atomic E-state index is -4.67. The van der Waals surface area contributed by atoms with Crippen molar-refractivity contribution in [3.8, 4) is 5.75 Å². The molecule has 0 atom stereocenters. The van der Waals surface area contributed by atoms with Crippen LogP contribution >= 0.6 is 0 Å². The number of sulfonamides is 1. The number of alkyl halides is 3. The molecule has 0 spiro atoms. The summed E-state index contributed by atoms with van der Waals surface area (Å²) in [5.41, 5.74) is -0.292. The molecular weight excluding hydrogens is 469 g/mol. The van der Waals surface area contributed by atoms with Gasteiger partial charge in [0.05, 0.1) is 22.7 Å². The molecular formula is C24H23F3N2O4S. The Morgan fingerprint density at radius 2 is 1.68 bits per heavy atom. The summed E-state index contributed by atoms with van der Waals surface area (Å²) in [6.07, 6.45) is -4.67. The van der Waals surface area contributed by atoms with Crippen molar-refractivity contribution < 1.29 is 31.1 Å². The Morgan fingerprint density at radius 3 is 2.35 bits per heavy atom. The monoisotopic (exact) mass is 492 g/mol. The number of aryl methyl sites for hydroxylation is 1. The number of hydrogen-bond donors (Lipinski definition) is 1. The van der Waals surface area contributed by atoms with E-state index in [1.165, 1.54) is 30.3 Å². The number of anilines is 1. The zero-order chi connectivity index (χ0) is 24.8. The van der Waals surface area contributed by atoms with E-state index in [4.69, 9.17) is 4.74 Å². The molecule has 0 radical (unpaired) electrons. The molecule has 0 aliphatic rings. The van der Waals surface area contributed by atoms with Gasteiger partial charge in [-0.05, 0) is 55.0 Å². The SMILES string of the molecule is Cc1cccc(OCCNC(=O)CN(c2cccc(C(F)(F)F)c2)S(=O)(=O)c2ccccc2)c1. The summed E-state index contributed by atoms with van der Waals surface area (Å²) in [5.74, 6) is -0.0729. The van der Waals surface area contributed by atoms with E-state index < -0.39 is 34.2 Å². The number of amides is 1. The van der Waals surface area contributed by atoms with Gasteiger partial charge in [-0.1, -0.05) is 36.4 Å². The smallest absolute Gasteiger partial charge is 0.416 e. The maximum absolute atomic E-state index is 13.2. The molecule has 1 amide bonds. The molecule has 0 saturated carbocycles. The highest BCUT2D eigenvalue weighted by Crippen LogP contribution is 2.33. The van der Waals surface area contributed by atoms with Crippen LogP contribution in [-0.4, -0.2) is 34.0 Å². The predicted molar refractivity (Wildman–Crippen MR) is 122 cm³/mol. The molecule has 3 aromatic rings. The van der Waals surface area contributed by atoms with Crippen LogP contribution in [-0.2, 0) is 21.0 Å². The van der Waals surface area contributed by atoms with Crippen LogP contribution in [0.5, 0.6) is 5.75 Å². The predicted octanol–water partition coefficient (Wildman–Crippen LogP) is 4.40. The topological polar surface area (TPSA) is 75.7 Å². The minimum absolute atomic E-state index is 0.0780. The zero-order valence-electron chi connectivity index (χ0n) is 18.2. The molecule has 0 fully saturated rings. The van der Waals surface area contributed by atoms with Gasteiger partial charge in [0.2, 0.25) is 5.91 Å². The van der Waals surface area contributed by atoms with Gasteiger partial charge < -0.3 is 10.1 Å². The average Bonchev–Trinajstić information content (AvgIpc) is 2.80. The second-order valence-corrected chi connectivity index (χ2v) is 9.25. The number of benzene rings is 3. The van der Waals surface area contributed by atoms with E-state index >= 15 is 0 Å². The largest absolute Gasteiger partial charge is 0.492 e. The average molecular weight is 493 g/mol. The van der Waals surface area contributed by atoms with Gasteiger partial charge in [-0.15, -0.1) is 0 Å². The lowest BCUT2D eigenvalue weighted by molar-refractivity contribution is -0.137. The van der Waals surface area contributed by atoms with E-state index in [0.29, 0.717) is 16.1 Å². The number of carbonyl (C=O) groups is 1. The summed E-state index contributed by atoms with van der Waals surface area (Å²) in [6.45, 7) is 1.41. The molecule has 3 rings (SSSR count). The number of rotatable bonds is 9. The lowest BCUT2D eigenvalue weighted by Crippen LogP contribution is -2.42. The highest BCUT2D eigenvalue weighted by molar-refractivity contribution is 7.92. The van der Waals surface area contributed by atoms with Gasteiger partial charge in [-0.2, -0.15) is 13.2 Å². The van der Waals surface area contributed by atoms with E-state index in [1.807, 2.05) is 25.1 Å². The van der Waals surface area contributed by atoms with E-state index in [-0.39, 0.29) is 23.7 Å². The van der Waals surface area contributed by atoms with Gasteiger partial charge in [0.15, 0.2) is 0 Å². The Balaban J connectivity index is 1.77. The van der Waals surface area contributed by atoms with Crippen LogP contribution in [0.15, 0.2) is 83.8 Å². The maximum Gasteiger partial charge on any atom is 0.416 e. The van der Waals surface area contributed by atoms with E-state index in [1.54, 1.807) is 12.1 Å². The van der Waals surface area contributed by atoms with Crippen molar-refractivity contribution in [2.75, 3.05) is 24.0 Å². The van der Waals surface area contributed by atoms with E-state index in [0.717, 1.165) is 17.7 Å². The molecule has 10 heteroatoms. The van der Waals surface area contributed by atoms with Gasteiger partial charge in [-0.25, -0.2) is 8.42 Å². The second-order valence-electron chi connectivity index (χ2n) is 7.39. The Kier molecular flexibility index (Phi) is 7.83. The molecule has 1 N–H and O–H groups in total. The van der Waals surface area contributed by atoms with Crippen LogP contribution in [0.4, 0.5) is 18.9 Å². The van der Waals surface area contributed by atoms with Gasteiger partial charge in [0.25, 0.3) is 10.0 Å². The molecule has 0 aliphatic heterocycles. The summed E-state index contributed by atoms with van der Waals surface area (Å²) in [4.78, 5) is 12.4. The van der Waals surface area contributed by atoms with Crippen LogP contribution in [0.2, 0.25) is 0 Å². The van der Waals surface area contributed by atoms with Crippen molar-refractivity contribution in [1.82, 2.24) is 5.32 Å². The number of nitrogens with one attached hydrogen (secondary N) is 1. The van der Waals surface area contributed by atoms with Crippen LogP contribution in [0.25, 0.3) is 0 Å². The highest BCUT2D eigenvalue weighted by Gasteiger charge is 2.33. The number of nitrogens with zero attached hydrogens (tertiary/aromatic N) is 1. The molecule has 34 heavy (non-hydrogen) atoms. The van der Waals surface area contributed by atoms with E-state index in [9.17, 15) is 26.4 Å².